The maximum atomic E-state index is 11.9. The molecule has 0 bridgehead atoms. The predicted octanol–water partition coefficient (Wildman–Crippen LogP) is 3.76. The lowest BCUT2D eigenvalue weighted by molar-refractivity contribution is -0.116. The first-order valence-electron chi connectivity index (χ1n) is 6.06. The van der Waals surface area contributed by atoms with Crippen molar-refractivity contribution >= 4 is 5.78 Å². The van der Waals surface area contributed by atoms with Gasteiger partial charge in [-0.05, 0) is 25.8 Å². The number of Topliss-reactive ketones (excluding diaryl/α,β-unsaturated/α-hetero) is 1. The van der Waals surface area contributed by atoms with Crippen LogP contribution < -0.4 is 0 Å². The molecule has 0 aromatic carbocycles. The maximum Gasteiger partial charge on any atom is 0.170 e. The molecule has 0 radical (unpaired) electrons. The van der Waals surface area contributed by atoms with E-state index in [4.69, 9.17) is 0 Å². The van der Waals surface area contributed by atoms with Crippen molar-refractivity contribution < 1.29 is 15.0 Å². The van der Waals surface area contributed by atoms with Crippen LogP contribution in [-0.4, -0.2) is 16.0 Å². The third-order valence-electron chi connectivity index (χ3n) is 2.53. The van der Waals surface area contributed by atoms with Gasteiger partial charge < -0.3 is 10.2 Å². The second kappa shape index (κ2) is 5.71. The zero-order valence-corrected chi connectivity index (χ0v) is 11.3. The van der Waals surface area contributed by atoms with Gasteiger partial charge in [-0.3, -0.25) is 4.79 Å². The predicted molar refractivity (Wildman–Crippen MR) is 72.3 cm³/mol. The van der Waals surface area contributed by atoms with E-state index in [1.807, 2.05) is 33.8 Å². The fourth-order valence-corrected chi connectivity index (χ4v) is 1.68. The number of aliphatic hydroxyl groups excluding tert-OH is 2. The number of allylic oxidation sites excluding steroid dienone is 5. The van der Waals surface area contributed by atoms with E-state index in [0.29, 0.717) is 12.0 Å². The minimum Gasteiger partial charge on any atom is -0.507 e. The van der Waals surface area contributed by atoms with Crippen LogP contribution in [0, 0.1) is 5.92 Å². The summed E-state index contributed by atoms with van der Waals surface area (Å²) < 4.78 is 0. The van der Waals surface area contributed by atoms with Gasteiger partial charge in [0.05, 0.1) is 0 Å². The van der Waals surface area contributed by atoms with Gasteiger partial charge in [-0.1, -0.05) is 31.6 Å². The maximum absolute atomic E-state index is 11.9. The monoisotopic (exact) mass is 248 g/mol. The van der Waals surface area contributed by atoms with E-state index in [9.17, 15) is 15.0 Å². The fraction of sp³-hybridized carbons (Fsp3) is 0.400. The highest BCUT2D eigenvalue weighted by atomic mass is 16.3. The van der Waals surface area contributed by atoms with Crippen molar-refractivity contribution in [3.05, 3.63) is 46.5 Å². The highest BCUT2D eigenvalue weighted by Gasteiger charge is 2.26. The fourth-order valence-electron chi connectivity index (χ4n) is 1.68. The van der Waals surface area contributed by atoms with Crippen molar-refractivity contribution in [1.82, 2.24) is 0 Å². The molecule has 0 amide bonds. The molecule has 0 unspecified atom stereocenters. The minimum atomic E-state index is -0.225. The van der Waals surface area contributed by atoms with Gasteiger partial charge >= 0.3 is 0 Å². The van der Waals surface area contributed by atoms with Gasteiger partial charge in [0, 0.05) is 12.0 Å². The summed E-state index contributed by atoms with van der Waals surface area (Å²) in [4.78, 5) is 11.9. The summed E-state index contributed by atoms with van der Waals surface area (Å²) in [5.74, 6) is -0.310. The lowest BCUT2D eigenvalue weighted by Gasteiger charge is -2.05. The van der Waals surface area contributed by atoms with E-state index < -0.39 is 0 Å². The molecule has 0 saturated heterocycles. The molecule has 0 spiro atoms. The van der Waals surface area contributed by atoms with Crippen molar-refractivity contribution in [2.45, 2.75) is 34.1 Å². The van der Waals surface area contributed by atoms with Crippen LogP contribution in [0.4, 0.5) is 0 Å². The SMILES string of the molecule is CC(C)=C/C=C1/C=C(O)C(C(=O)CC(C)C)=C1O. The summed E-state index contributed by atoms with van der Waals surface area (Å²) in [5, 5.41) is 19.7. The van der Waals surface area contributed by atoms with Crippen LogP contribution in [0.1, 0.15) is 34.1 Å². The molecule has 1 rings (SSSR count). The van der Waals surface area contributed by atoms with Crippen LogP contribution in [0.2, 0.25) is 0 Å². The van der Waals surface area contributed by atoms with Crippen LogP contribution >= 0.6 is 0 Å². The Hall–Kier alpha value is -1.77. The van der Waals surface area contributed by atoms with Crippen molar-refractivity contribution in [3.63, 3.8) is 0 Å². The number of hydrogen-bond donors (Lipinski definition) is 2. The van der Waals surface area contributed by atoms with Crippen LogP contribution in [0.3, 0.4) is 0 Å². The number of carbonyl (C=O) groups is 1. The second-order valence-electron chi connectivity index (χ2n) is 5.14. The molecule has 0 aromatic rings. The number of carbonyl (C=O) groups excluding carboxylic acids is 1. The smallest absolute Gasteiger partial charge is 0.170 e. The number of aliphatic hydroxyl groups is 2. The second-order valence-corrected chi connectivity index (χ2v) is 5.14. The molecule has 1 aliphatic carbocycles. The third kappa shape index (κ3) is 3.36. The van der Waals surface area contributed by atoms with Gasteiger partial charge in [0.15, 0.2) is 5.78 Å². The number of ketones is 1. The van der Waals surface area contributed by atoms with E-state index in [0.717, 1.165) is 5.57 Å². The minimum absolute atomic E-state index is 0.0390. The number of hydrogen-bond acceptors (Lipinski definition) is 3. The lowest BCUT2D eigenvalue weighted by Crippen LogP contribution is -2.08. The van der Waals surface area contributed by atoms with Gasteiger partial charge in [-0.2, -0.15) is 0 Å². The van der Waals surface area contributed by atoms with Gasteiger partial charge in [-0.15, -0.1) is 0 Å². The normalized spacial score (nSPS) is 17.4. The molecular weight excluding hydrogens is 228 g/mol. The Labute approximate surface area is 108 Å². The zero-order valence-electron chi connectivity index (χ0n) is 11.3. The third-order valence-corrected chi connectivity index (χ3v) is 2.53. The molecule has 0 fully saturated rings. The standard InChI is InChI=1S/C15H20O3/c1-9(2)5-6-11-8-13(17)14(15(11)18)12(16)7-10(3)4/h5-6,8,10,17-18H,7H2,1-4H3/b11-6-. The molecule has 1 aliphatic rings. The molecule has 3 nitrogen and oxygen atoms in total. The lowest BCUT2D eigenvalue weighted by atomic mass is 10.0. The first kappa shape index (κ1) is 14.3. The van der Waals surface area contributed by atoms with E-state index >= 15 is 0 Å². The summed E-state index contributed by atoms with van der Waals surface area (Å²) in [6.45, 7) is 7.71. The molecule has 0 aliphatic heterocycles. The largest absolute Gasteiger partial charge is 0.507 e. The Morgan fingerprint density at radius 1 is 1.33 bits per heavy atom. The zero-order chi connectivity index (χ0) is 13.9. The highest BCUT2D eigenvalue weighted by Crippen LogP contribution is 2.29. The van der Waals surface area contributed by atoms with Gasteiger partial charge in [0.2, 0.25) is 0 Å². The molecule has 0 heterocycles. The van der Waals surface area contributed by atoms with Crippen LogP contribution in [0.25, 0.3) is 0 Å². The summed E-state index contributed by atoms with van der Waals surface area (Å²) in [6, 6.07) is 0. The molecule has 0 aromatic heterocycles. The average Bonchev–Trinajstić information content (AvgIpc) is 2.49. The summed E-state index contributed by atoms with van der Waals surface area (Å²) >= 11 is 0. The van der Waals surface area contributed by atoms with E-state index in [2.05, 4.69) is 0 Å². The molecule has 0 saturated carbocycles. The van der Waals surface area contributed by atoms with Crippen LogP contribution in [-0.2, 0) is 4.79 Å². The Balaban J connectivity index is 3.06. The molecule has 0 atom stereocenters. The van der Waals surface area contributed by atoms with Crippen LogP contribution in [0.15, 0.2) is 46.5 Å². The Morgan fingerprint density at radius 2 is 1.94 bits per heavy atom. The topological polar surface area (TPSA) is 57.5 Å². The Bertz CT molecular complexity index is 470. The summed E-state index contributed by atoms with van der Waals surface area (Å²) in [6.07, 6.45) is 5.25. The van der Waals surface area contributed by atoms with Crippen molar-refractivity contribution in [1.29, 1.82) is 0 Å². The molecule has 3 heteroatoms. The first-order valence-corrected chi connectivity index (χ1v) is 6.06. The van der Waals surface area contributed by atoms with Gasteiger partial charge in [-0.25, -0.2) is 0 Å². The average molecular weight is 248 g/mol. The van der Waals surface area contributed by atoms with Crippen LogP contribution in [0.5, 0.6) is 0 Å². The number of rotatable bonds is 4. The summed E-state index contributed by atoms with van der Waals surface area (Å²) in [7, 11) is 0. The molecule has 18 heavy (non-hydrogen) atoms. The van der Waals surface area contributed by atoms with E-state index in [-0.39, 0.29) is 28.8 Å². The molecule has 2 N–H and O–H groups in total. The van der Waals surface area contributed by atoms with Crippen molar-refractivity contribution in [2.75, 3.05) is 0 Å². The molecular formula is C15H20O3. The van der Waals surface area contributed by atoms with Crippen molar-refractivity contribution in [2.24, 2.45) is 5.92 Å². The van der Waals surface area contributed by atoms with E-state index in [1.54, 1.807) is 6.08 Å². The first-order chi connectivity index (χ1) is 8.32. The van der Waals surface area contributed by atoms with Gasteiger partial charge in [0.25, 0.3) is 0 Å². The van der Waals surface area contributed by atoms with Crippen molar-refractivity contribution in [3.8, 4) is 0 Å². The highest BCUT2D eigenvalue weighted by molar-refractivity contribution is 6.01. The van der Waals surface area contributed by atoms with Gasteiger partial charge in [0.1, 0.15) is 17.1 Å². The Kier molecular flexibility index (Phi) is 4.54. The Morgan fingerprint density at radius 3 is 2.44 bits per heavy atom. The molecule has 98 valence electrons. The summed E-state index contributed by atoms with van der Waals surface area (Å²) in [5.41, 5.74) is 1.59. The quantitative estimate of drug-likeness (QED) is 0.796. The van der Waals surface area contributed by atoms with E-state index in [1.165, 1.54) is 6.08 Å².